The summed E-state index contributed by atoms with van der Waals surface area (Å²) in [6, 6.07) is 3.27. The van der Waals surface area contributed by atoms with Crippen molar-refractivity contribution in [2.45, 2.75) is 19.8 Å². The Morgan fingerprint density at radius 1 is 1.26 bits per heavy atom. The van der Waals surface area contributed by atoms with Crippen LogP contribution in [0.5, 0.6) is 0 Å². The lowest BCUT2D eigenvalue weighted by Crippen LogP contribution is -2.34. The van der Waals surface area contributed by atoms with Crippen molar-refractivity contribution in [2.75, 3.05) is 13.1 Å². The zero-order valence-electron chi connectivity index (χ0n) is 10.5. The number of hydrogen-bond donors (Lipinski definition) is 1. The molecule has 0 unspecified atom stereocenters. The molecule has 6 heteroatoms. The summed E-state index contributed by atoms with van der Waals surface area (Å²) in [7, 11) is 0. The molecule has 1 aromatic carbocycles. The minimum Gasteiger partial charge on any atom is -0.481 e. The lowest BCUT2D eigenvalue weighted by molar-refractivity contribution is -0.138. The van der Waals surface area contributed by atoms with Crippen LogP contribution in [0.4, 0.5) is 8.78 Å². The molecule has 0 aliphatic carbocycles. The van der Waals surface area contributed by atoms with Crippen LogP contribution < -0.4 is 0 Å². The molecule has 0 heterocycles. The van der Waals surface area contributed by atoms with Crippen LogP contribution in [0.1, 0.15) is 18.9 Å². The van der Waals surface area contributed by atoms with Crippen molar-refractivity contribution in [3.05, 3.63) is 35.4 Å². The summed E-state index contributed by atoms with van der Waals surface area (Å²) in [5.41, 5.74) is 0.359. The Morgan fingerprint density at radius 2 is 1.95 bits per heavy atom. The van der Waals surface area contributed by atoms with E-state index in [4.69, 9.17) is 5.11 Å². The zero-order chi connectivity index (χ0) is 14.4. The van der Waals surface area contributed by atoms with Crippen molar-refractivity contribution in [2.24, 2.45) is 0 Å². The number of carboxylic acids is 1. The summed E-state index contributed by atoms with van der Waals surface area (Å²) < 4.78 is 25.7. The van der Waals surface area contributed by atoms with Crippen LogP contribution >= 0.6 is 0 Å². The molecule has 0 spiro atoms. The number of nitrogens with zero attached hydrogens (tertiary/aromatic N) is 1. The largest absolute Gasteiger partial charge is 0.481 e. The monoisotopic (exact) mass is 271 g/mol. The molecule has 1 N–H and O–H groups in total. The Kier molecular flexibility index (Phi) is 5.41. The zero-order valence-corrected chi connectivity index (χ0v) is 10.5. The average Bonchev–Trinajstić information content (AvgIpc) is 2.34. The van der Waals surface area contributed by atoms with E-state index in [-0.39, 0.29) is 25.3 Å². The Bertz CT molecular complexity index is 477. The molecule has 0 atom stereocenters. The number of rotatable bonds is 6. The van der Waals surface area contributed by atoms with E-state index in [1.165, 1.54) is 11.0 Å². The highest BCUT2D eigenvalue weighted by Crippen LogP contribution is 2.10. The summed E-state index contributed by atoms with van der Waals surface area (Å²) in [6.07, 6.45) is -0.220. The van der Waals surface area contributed by atoms with E-state index in [0.717, 1.165) is 12.1 Å². The lowest BCUT2D eigenvalue weighted by Gasteiger charge is -2.20. The number of amides is 1. The predicted molar refractivity (Wildman–Crippen MR) is 64.6 cm³/mol. The summed E-state index contributed by atoms with van der Waals surface area (Å²) in [5.74, 6) is -3.26. The lowest BCUT2D eigenvalue weighted by atomic mass is 10.1. The van der Waals surface area contributed by atoms with Crippen LogP contribution in [0.3, 0.4) is 0 Å². The highest BCUT2D eigenvalue weighted by molar-refractivity contribution is 5.79. The average molecular weight is 271 g/mol. The van der Waals surface area contributed by atoms with Crippen molar-refractivity contribution < 1.29 is 23.5 Å². The van der Waals surface area contributed by atoms with Gasteiger partial charge in [-0.2, -0.15) is 0 Å². The van der Waals surface area contributed by atoms with E-state index in [0.29, 0.717) is 12.1 Å². The molecule has 1 amide bonds. The van der Waals surface area contributed by atoms with E-state index in [1.807, 2.05) is 0 Å². The number of carboxylic acid groups (broad SMARTS) is 1. The highest BCUT2D eigenvalue weighted by atomic mass is 19.2. The fraction of sp³-hybridized carbons (Fsp3) is 0.385. The molecule has 19 heavy (non-hydrogen) atoms. The third-order valence-electron chi connectivity index (χ3n) is 2.67. The first-order valence-electron chi connectivity index (χ1n) is 5.87. The van der Waals surface area contributed by atoms with E-state index < -0.39 is 17.6 Å². The first kappa shape index (κ1) is 15.1. The minimum atomic E-state index is -1.00. The van der Waals surface area contributed by atoms with Crippen molar-refractivity contribution in [3.8, 4) is 0 Å². The van der Waals surface area contributed by atoms with E-state index in [2.05, 4.69) is 0 Å². The predicted octanol–water partition coefficient (Wildman–Crippen LogP) is 1.83. The molecule has 0 fully saturated rings. The van der Waals surface area contributed by atoms with Crippen molar-refractivity contribution >= 4 is 11.9 Å². The summed E-state index contributed by atoms with van der Waals surface area (Å²) in [5, 5.41) is 8.57. The van der Waals surface area contributed by atoms with Gasteiger partial charge >= 0.3 is 5.97 Å². The van der Waals surface area contributed by atoms with Crippen LogP contribution in [0.15, 0.2) is 18.2 Å². The first-order chi connectivity index (χ1) is 8.93. The second-order valence-corrected chi connectivity index (χ2v) is 4.04. The van der Waals surface area contributed by atoms with Gasteiger partial charge in [0.05, 0.1) is 12.8 Å². The molecule has 0 bridgehead atoms. The summed E-state index contributed by atoms with van der Waals surface area (Å²) in [4.78, 5) is 23.7. The van der Waals surface area contributed by atoms with Gasteiger partial charge in [-0.25, -0.2) is 8.78 Å². The number of carbonyl (C=O) groups excluding carboxylic acids is 1. The normalized spacial score (nSPS) is 10.3. The number of likely N-dealkylation sites (N-methyl/N-ethyl adjacent to an activating group) is 1. The molecule has 0 radical (unpaired) electrons. The molecule has 0 aromatic heterocycles. The van der Waals surface area contributed by atoms with Gasteiger partial charge in [0, 0.05) is 13.1 Å². The Morgan fingerprint density at radius 3 is 2.47 bits per heavy atom. The van der Waals surface area contributed by atoms with E-state index >= 15 is 0 Å². The number of hydrogen-bond acceptors (Lipinski definition) is 2. The Balaban J connectivity index is 2.65. The number of halogens is 2. The van der Waals surface area contributed by atoms with E-state index in [9.17, 15) is 18.4 Å². The SMILES string of the molecule is CCN(CCC(=O)O)C(=O)Cc1ccc(F)c(F)c1. The fourth-order valence-electron chi connectivity index (χ4n) is 1.63. The van der Waals surface area contributed by atoms with Crippen molar-refractivity contribution in [1.29, 1.82) is 0 Å². The smallest absolute Gasteiger partial charge is 0.305 e. The van der Waals surface area contributed by atoms with Gasteiger partial charge in [-0.3, -0.25) is 9.59 Å². The Labute approximate surface area is 109 Å². The quantitative estimate of drug-likeness (QED) is 0.858. The molecule has 0 saturated carbocycles. The Hall–Kier alpha value is -1.98. The number of carbonyl (C=O) groups is 2. The molecule has 0 aliphatic heterocycles. The van der Waals surface area contributed by atoms with Crippen molar-refractivity contribution in [1.82, 2.24) is 4.90 Å². The molecular formula is C13H15F2NO3. The molecular weight excluding hydrogens is 256 g/mol. The van der Waals surface area contributed by atoms with Gasteiger partial charge in [0.1, 0.15) is 0 Å². The second-order valence-electron chi connectivity index (χ2n) is 4.04. The third kappa shape index (κ3) is 4.65. The van der Waals surface area contributed by atoms with Crippen molar-refractivity contribution in [3.63, 3.8) is 0 Å². The molecule has 1 aromatic rings. The molecule has 0 saturated heterocycles. The summed E-state index contributed by atoms with van der Waals surface area (Å²) in [6.45, 7) is 2.20. The maximum Gasteiger partial charge on any atom is 0.305 e. The first-order valence-corrected chi connectivity index (χ1v) is 5.87. The second kappa shape index (κ2) is 6.82. The van der Waals surface area contributed by atoms with Crippen LogP contribution in [-0.4, -0.2) is 35.0 Å². The van der Waals surface area contributed by atoms with Gasteiger partial charge in [0.25, 0.3) is 0 Å². The van der Waals surface area contributed by atoms with Crippen LogP contribution in [0.25, 0.3) is 0 Å². The van der Waals surface area contributed by atoms with Gasteiger partial charge in [-0.15, -0.1) is 0 Å². The van der Waals surface area contributed by atoms with Crippen LogP contribution in [0, 0.1) is 11.6 Å². The third-order valence-corrected chi connectivity index (χ3v) is 2.67. The maximum atomic E-state index is 13.0. The molecule has 104 valence electrons. The molecule has 0 aliphatic rings. The van der Waals surface area contributed by atoms with Gasteiger partial charge in [0.2, 0.25) is 5.91 Å². The molecule has 4 nitrogen and oxygen atoms in total. The standard InChI is InChI=1S/C13H15F2NO3/c1-2-16(6-5-13(18)19)12(17)8-9-3-4-10(14)11(15)7-9/h3-4,7H,2,5-6,8H2,1H3,(H,18,19). The topological polar surface area (TPSA) is 57.6 Å². The summed E-state index contributed by atoms with van der Waals surface area (Å²) >= 11 is 0. The van der Waals surface area contributed by atoms with Gasteiger partial charge in [-0.05, 0) is 24.6 Å². The van der Waals surface area contributed by atoms with Gasteiger partial charge in [0.15, 0.2) is 11.6 Å². The highest BCUT2D eigenvalue weighted by Gasteiger charge is 2.14. The number of aliphatic carboxylic acids is 1. The van der Waals surface area contributed by atoms with Gasteiger partial charge in [-0.1, -0.05) is 6.07 Å². The minimum absolute atomic E-state index is 0.0787. The number of benzene rings is 1. The molecule has 1 rings (SSSR count). The van der Waals surface area contributed by atoms with Gasteiger partial charge < -0.3 is 10.0 Å². The van der Waals surface area contributed by atoms with Crippen LogP contribution in [0.2, 0.25) is 0 Å². The van der Waals surface area contributed by atoms with E-state index in [1.54, 1.807) is 6.92 Å². The maximum absolute atomic E-state index is 13.0. The fourth-order valence-corrected chi connectivity index (χ4v) is 1.63. The van der Waals surface area contributed by atoms with Crippen LogP contribution in [-0.2, 0) is 16.0 Å².